The minimum Gasteiger partial charge on any atom is -0.294 e. The number of ketones is 1. The lowest BCUT2D eigenvalue weighted by atomic mass is 9.76. The molecule has 0 saturated heterocycles. The van der Waals surface area contributed by atoms with Crippen LogP contribution in [-0.2, 0) is 0 Å². The maximum atomic E-state index is 12.1. The molecule has 3 atom stereocenters. The summed E-state index contributed by atoms with van der Waals surface area (Å²) in [6.45, 7) is 4.37. The predicted molar refractivity (Wildman–Crippen MR) is 60.3 cm³/mol. The van der Waals surface area contributed by atoms with Crippen molar-refractivity contribution in [1.29, 1.82) is 0 Å². The summed E-state index contributed by atoms with van der Waals surface area (Å²) in [5, 5.41) is 0. The maximum Gasteiger partial charge on any atom is 0.166 e. The molecular formula is C14H16O. The van der Waals surface area contributed by atoms with E-state index in [0.29, 0.717) is 17.6 Å². The van der Waals surface area contributed by atoms with Crippen LogP contribution >= 0.6 is 0 Å². The van der Waals surface area contributed by atoms with E-state index in [0.717, 1.165) is 5.56 Å². The molecule has 15 heavy (non-hydrogen) atoms. The van der Waals surface area contributed by atoms with Crippen molar-refractivity contribution in [2.75, 3.05) is 0 Å². The van der Waals surface area contributed by atoms with Gasteiger partial charge in [0.1, 0.15) is 0 Å². The van der Waals surface area contributed by atoms with Crippen molar-refractivity contribution in [3.8, 4) is 0 Å². The minimum atomic E-state index is 0.216. The van der Waals surface area contributed by atoms with Gasteiger partial charge in [-0.1, -0.05) is 32.0 Å². The Morgan fingerprint density at radius 1 is 1.20 bits per heavy atom. The van der Waals surface area contributed by atoms with Gasteiger partial charge in [-0.3, -0.25) is 4.79 Å². The lowest BCUT2D eigenvalue weighted by molar-refractivity contribution is 0.0931. The third kappa shape index (κ3) is 1.06. The van der Waals surface area contributed by atoms with Crippen molar-refractivity contribution in [2.45, 2.75) is 38.5 Å². The molecule has 0 saturated carbocycles. The Morgan fingerprint density at radius 3 is 2.80 bits per heavy atom. The van der Waals surface area contributed by atoms with Gasteiger partial charge in [-0.25, -0.2) is 0 Å². The zero-order valence-corrected chi connectivity index (χ0v) is 9.29. The second-order valence-corrected chi connectivity index (χ2v) is 5.05. The summed E-state index contributed by atoms with van der Waals surface area (Å²) in [5.74, 6) is 1.73. The summed E-state index contributed by atoms with van der Waals surface area (Å²) in [4.78, 5) is 12.1. The molecule has 0 heterocycles. The average molecular weight is 200 g/mol. The average Bonchev–Trinajstić information content (AvgIpc) is 2.50. The smallest absolute Gasteiger partial charge is 0.166 e. The van der Waals surface area contributed by atoms with Crippen LogP contribution in [0.15, 0.2) is 18.2 Å². The Labute approximate surface area is 90.5 Å². The van der Waals surface area contributed by atoms with Crippen molar-refractivity contribution in [3.05, 3.63) is 34.9 Å². The topological polar surface area (TPSA) is 17.1 Å². The van der Waals surface area contributed by atoms with E-state index in [-0.39, 0.29) is 5.92 Å². The minimum absolute atomic E-state index is 0.216. The normalized spacial score (nSPS) is 32.9. The number of hydrogen-bond donors (Lipinski definition) is 0. The van der Waals surface area contributed by atoms with Crippen LogP contribution in [0, 0.1) is 5.92 Å². The van der Waals surface area contributed by atoms with Gasteiger partial charge in [0.15, 0.2) is 5.78 Å². The molecule has 1 heteroatoms. The molecule has 0 N–H and O–H groups in total. The van der Waals surface area contributed by atoms with Crippen LogP contribution in [0.3, 0.4) is 0 Å². The molecule has 0 aromatic heterocycles. The van der Waals surface area contributed by atoms with Crippen LogP contribution in [0.2, 0.25) is 0 Å². The molecule has 2 aliphatic carbocycles. The highest BCUT2D eigenvalue weighted by Gasteiger charge is 2.40. The third-order valence-electron chi connectivity index (χ3n) is 4.23. The lowest BCUT2D eigenvalue weighted by Crippen LogP contribution is -2.14. The van der Waals surface area contributed by atoms with Crippen molar-refractivity contribution >= 4 is 5.78 Å². The predicted octanol–water partition coefficient (Wildman–Crippen LogP) is 3.50. The monoisotopic (exact) mass is 200 g/mol. The first kappa shape index (κ1) is 9.14. The molecule has 1 nitrogen and oxygen atoms in total. The summed E-state index contributed by atoms with van der Waals surface area (Å²) >= 11 is 0. The fraction of sp³-hybridized carbons (Fsp3) is 0.500. The lowest BCUT2D eigenvalue weighted by Gasteiger charge is -2.28. The number of rotatable bonds is 0. The molecule has 0 fully saturated rings. The van der Waals surface area contributed by atoms with Gasteiger partial charge in [0.2, 0.25) is 0 Å². The number of carbonyl (C=O) groups excluding carboxylic acids is 1. The van der Waals surface area contributed by atoms with E-state index in [4.69, 9.17) is 0 Å². The van der Waals surface area contributed by atoms with Gasteiger partial charge in [-0.05, 0) is 35.8 Å². The highest BCUT2D eigenvalue weighted by atomic mass is 16.1. The van der Waals surface area contributed by atoms with Crippen LogP contribution in [0.5, 0.6) is 0 Å². The van der Waals surface area contributed by atoms with Gasteiger partial charge in [0.25, 0.3) is 0 Å². The van der Waals surface area contributed by atoms with E-state index in [2.05, 4.69) is 19.9 Å². The Balaban J connectivity index is 2.27. The molecular weight excluding hydrogens is 184 g/mol. The summed E-state index contributed by atoms with van der Waals surface area (Å²) in [7, 11) is 0. The highest BCUT2D eigenvalue weighted by molar-refractivity contribution is 6.03. The number of hydrogen-bond acceptors (Lipinski definition) is 1. The van der Waals surface area contributed by atoms with E-state index in [9.17, 15) is 4.79 Å². The molecule has 1 aromatic rings. The first-order valence-corrected chi connectivity index (χ1v) is 5.87. The molecule has 0 bridgehead atoms. The van der Waals surface area contributed by atoms with Crippen molar-refractivity contribution in [2.24, 2.45) is 5.92 Å². The van der Waals surface area contributed by atoms with Crippen molar-refractivity contribution in [1.82, 2.24) is 0 Å². The quantitative estimate of drug-likeness (QED) is 0.626. The zero-order chi connectivity index (χ0) is 10.6. The Morgan fingerprint density at radius 2 is 2.00 bits per heavy atom. The SMILES string of the molecule is CC1CCC2c3c(cccc31)C(=O)C2C. The molecule has 3 unspecified atom stereocenters. The third-order valence-corrected chi connectivity index (χ3v) is 4.23. The standard InChI is InChI=1S/C14H16O/c1-8-6-7-11-9(2)14(15)12-5-3-4-10(8)13(11)12/h3-5,8-9,11H,6-7H2,1-2H3. The van der Waals surface area contributed by atoms with Gasteiger partial charge >= 0.3 is 0 Å². The molecule has 0 radical (unpaired) electrons. The highest BCUT2D eigenvalue weighted by Crippen LogP contribution is 2.49. The molecule has 78 valence electrons. The van der Waals surface area contributed by atoms with Crippen LogP contribution in [0.4, 0.5) is 0 Å². The summed E-state index contributed by atoms with van der Waals surface area (Å²) in [6.07, 6.45) is 2.43. The summed E-state index contributed by atoms with van der Waals surface area (Å²) in [6, 6.07) is 6.26. The Kier molecular flexibility index (Phi) is 1.79. The van der Waals surface area contributed by atoms with E-state index in [1.165, 1.54) is 24.0 Å². The van der Waals surface area contributed by atoms with Gasteiger partial charge in [0, 0.05) is 11.5 Å². The van der Waals surface area contributed by atoms with Crippen LogP contribution in [0.1, 0.15) is 60.0 Å². The fourth-order valence-corrected chi connectivity index (χ4v) is 3.30. The Bertz CT molecular complexity index is 433. The van der Waals surface area contributed by atoms with E-state index >= 15 is 0 Å². The second kappa shape index (κ2) is 2.94. The first-order valence-electron chi connectivity index (χ1n) is 5.87. The first-order chi connectivity index (χ1) is 7.20. The van der Waals surface area contributed by atoms with Crippen molar-refractivity contribution < 1.29 is 4.79 Å². The van der Waals surface area contributed by atoms with E-state index in [1.807, 2.05) is 12.1 Å². The van der Waals surface area contributed by atoms with Gasteiger partial charge in [-0.15, -0.1) is 0 Å². The zero-order valence-electron chi connectivity index (χ0n) is 9.29. The van der Waals surface area contributed by atoms with Crippen LogP contribution in [-0.4, -0.2) is 5.78 Å². The van der Waals surface area contributed by atoms with E-state index in [1.54, 1.807) is 0 Å². The van der Waals surface area contributed by atoms with Crippen LogP contribution < -0.4 is 0 Å². The number of benzene rings is 1. The Hall–Kier alpha value is -1.11. The molecule has 2 aliphatic rings. The molecule has 3 rings (SSSR count). The summed E-state index contributed by atoms with van der Waals surface area (Å²) in [5.41, 5.74) is 3.83. The largest absolute Gasteiger partial charge is 0.294 e. The van der Waals surface area contributed by atoms with Crippen molar-refractivity contribution in [3.63, 3.8) is 0 Å². The maximum absolute atomic E-state index is 12.1. The molecule has 0 aliphatic heterocycles. The molecule has 0 amide bonds. The summed E-state index contributed by atoms with van der Waals surface area (Å²) < 4.78 is 0. The van der Waals surface area contributed by atoms with E-state index < -0.39 is 0 Å². The van der Waals surface area contributed by atoms with Gasteiger partial charge in [0.05, 0.1) is 0 Å². The van der Waals surface area contributed by atoms with Gasteiger partial charge in [-0.2, -0.15) is 0 Å². The number of Topliss-reactive ketones (excluding diaryl/α,β-unsaturated/α-hetero) is 1. The molecule has 0 spiro atoms. The van der Waals surface area contributed by atoms with Crippen LogP contribution in [0.25, 0.3) is 0 Å². The second-order valence-electron chi connectivity index (χ2n) is 5.05. The number of carbonyl (C=O) groups is 1. The fourth-order valence-electron chi connectivity index (χ4n) is 3.30. The van der Waals surface area contributed by atoms with Gasteiger partial charge < -0.3 is 0 Å². The molecule has 1 aromatic carbocycles.